The third-order valence-corrected chi connectivity index (χ3v) is 32.1. The fraction of sp³-hybridized carbons (Fsp3) is 0.132. The zero-order chi connectivity index (χ0) is 108. The van der Waals surface area contributed by atoms with Gasteiger partial charge in [-0.3, -0.25) is 9.78 Å². The Morgan fingerprint density at radius 2 is 1.15 bits per heavy atom. The average Bonchev–Trinajstić information content (AvgIpc) is 1.65. The SMILES string of the molecule is CC(=O)C=C(C)O.CC1(C)c2ccc[c-]c2-c2nccc3cccc1c23.CC1(c2ccccc2)c2ccc(-c3ccccn3)[c-]c2N2c3[c-]c(-c4ccccn4)ccc3C(c3ccccc3)(c3ccccc3)c3cccc1c32.Cc1cnc2c3[c-]cccc3c3ccccc3c2n1.[2H]c1c([2H])c(C)c(-c2c([2H])n3c4c5c(c([2H])c([2H])c([2H])c5c5c([2H])c(C)c([2H])c([2H])c5[n+]24)C3)c(C([2H])([2H])[2H])c1[2H].[CH3][Ge]([CH3])([CH3])[c]1ccc2[n+](c1)Cc1ccccc1-2.[Ir].[Ir].[Pt+2]. The Morgan fingerprint density at radius 1 is 0.528 bits per heavy atom. The van der Waals surface area contributed by atoms with Gasteiger partial charge in [-0.1, -0.05) is 266 Å². The molecule has 0 amide bonds. The predicted octanol–water partition coefficient (Wildman–Crippen LogP) is 28.7. The Labute approximate surface area is 903 Å². The van der Waals surface area contributed by atoms with Gasteiger partial charge in [0.05, 0.1) is 40.4 Å². The van der Waals surface area contributed by atoms with Gasteiger partial charge in [0.25, 0.3) is 5.65 Å². The number of rotatable bonds is 8. The largest absolute Gasteiger partial charge is 2.00 e. The Balaban J connectivity index is 0.000000128. The molecule has 0 fully saturated rings. The summed E-state index contributed by atoms with van der Waals surface area (Å²) in [6, 6.07) is 115. The monoisotopic (exact) mass is 2480 g/mol. The van der Waals surface area contributed by atoms with E-state index in [1.165, 1.54) is 126 Å². The van der Waals surface area contributed by atoms with Gasteiger partial charge in [-0.05, 0) is 166 Å². The summed E-state index contributed by atoms with van der Waals surface area (Å²) >= 11 is -1.70. The maximum atomic E-state index is 10.0. The summed E-state index contributed by atoms with van der Waals surface area (Å²) in [5, 5.41) is 16.0. The Bertz CT molecular complexity index is 9490. The molecule has 1 aliphatic carbocycles. The van der Waals surface area contributed by atoms with Gasteiger partial charge in [0, 0.05) is 113 Å². The number of aryl methyl sites for hydroxylation is 1. The van der Waals surface area contributed by atoms with Crippen LogP contribution < -0.4 is 18.3 Å². The molecule has 0 bridgehead atoms. The maximum absolute atomic E-state index is 10.0. The van der Waals surface area contributed by atoms with Crippen LogP contribution in [-0.4, -0.2) is 53.6 Å². The first-order valence-corrected chi connectivity index (χ1v) is 54.7. The summed E-state index contributed by atoms with van der Waals surface area (Å²) in [6.07, 6.45) is 10.7. The molecule has 4 aliphatic heterocycles. The number of ketones is 1. The topological polar surface area (TPSA) is 118 Å². The standard InChI is InChI=1S/C49H33N3.C25H21N2.C18H14N.C17H11N2.C15H18GeN.C5H8O2.2Ir.Pt/c1-48(36-16-5-2-6-17-36)39-28-26-34(43-24-11-13-30-50-43)32-45(39)52-46-33-35(44-25-12-14-31-51-44)27-29-40(46)49(37-18-7-3-8-19-37,38-20-9-4-10-21-38)42-23-15-22-41(48)47(42)52;1-15-10-11-21-20(12-15)19-9-5-8-18-13-26-14-22(27(21)25(26)24(18)19)23-16(2)6-4-7-17(23)3;1-18(2)14-8-4-3-7-13(14)17-16-12(10-11-19-17)6-5-9-15(16)18;1-11-10-18-16-14-8-4-2-6-12(14)13-7-3-5-9-15(13)17(16)19-11;1-16(2,3)13-8-9-15-14-7-5-4-6-12(14)10-17(15)11-13;1-4(6)3-5(2)7;;;/h2-31H,1H3;4-12,14H,13H2,1-3H3;3-6,8-11H,1-2H3;2-7,9-10H,1H3;4-9,11H,10H2,1-3H3;3,6H,1-2H3;;;/q-2;+1;2*-1;+1;;;;+2/i;2D3,4D,5D,6D,7D,8D,9D,10D,11D,12D,14D;;;;;;;. The van der Waals surface area contributed by atoms with Crippen LogP contribution in [0.2, 0.25) is 17.3 Å². The van der Waals surface area contributed by atoms with Crippen LogP contribution in [0.5, 0.6) is 0 Å². The minimum atomic E-state index is -2.91. The summed E-state index contributed by atoms with van der Waals surface area (Å²) in [6.45, 7) is 12.8. The molecule has 1 N–H and O–H groups in total. The number of aliphatic hydroxyl groups is 1. The maximum Gasteiger partial charge on any atom is 2.00 e. The van der Waals surface area contributed by atoms with Crippen LogP contribution in [0.15, 0.2) is 395 Å². The molecule has 15 heteroatoms. The van der Waals surface area contributed by atoms with Crippen LogP contribution in [0.25, 0.3) is 127 Å². The number of para-hydroxylation sites is 1. The van der Waals surface area contributed by atoms with Crippen molar-refractivity contribution in [1.29, 1.82) is 0 Å². The number of fused-ring (bicyclic) bond motifs is 18. The van der Waals surface area contributed by atoms with Gasteiger partial charge in [-0.2, -0.15) is 4.40 Å². The summed E-state index contributed by atoms with van der Waals surface area (Å²) in [5.41, 5.74) is 26.0. The van der Waals surface area contributed by atoms with Crippen molar-refractivity contribution in [1.82, 2.24) is 29.5 Å². The van der Waals surface area contributed by atoms with E-state index < -0.39 is 48.6 Å². The number of anilines is 3. The predicted molar refractivity (Wildman–Crippen MR) is 578 cm³/mol. The molecule has 11 nitrogen and oxygen atoms in total. The van der Waals surface area contributed by atoms with Gasteiger partial charge in [0.2, 0.25) is 0 Å². The average molecular weight is 2480 g/mol. The third-order valence-electron chi connectivity index (χ3n) is 27.8. The number of hydrogen-bond acceptors (Lipinski definition) is 8. The van der Waals surface area contributed by atoms with Gasteiger partial charge in [0.1, 0.15) is 19.6 Å². The Hall–Kier alpha value is -14.2. The van der Waals surface area contributed by atoms with Gasteiger partial charge < -0.3 is 29.9 Å². The molecule has 0 spiro atoms. The fourth-order valence-electron chi connectivity index (χ4n) is 21.3. The van der Waals surface area contributed by atoms with Gasteiger partial charge in [-0.15, -0.1) is 113 Å². The number of imidazole rings is 1. The van der Waals surface area contributed by atoms with Crippen molar-refractivity contribution in [2.75, 3.05) is 4.90 Å². The second kappa shape index (κ2) is 40.2. The zero-order valence-electron chi connectivity index (χ0n) is 94.0. The second-order valence-corrected chi connectivity index (χ2v) is 48.7. The minimum Gasteiger partial charge on any atom is 0 e. The molecule has 0 saturated heterocycles. The van der Waals surface area contributed by atoms with Crippen LogP contribution >= 0.6 is 0 Å². The number of hydrogen-bond donors (Lipinski definition) is 1. The van der Waals surface area contributed by atoms with Crippen molar-refractivity contribution in [2.45, 2.75) is 109 Å². The number of carbonyl (C=O) groups is 1. The normalized spacial score (nSPS) is 15.3. The molecule has 0 saturated carbocycles. The first-order chi connectivity index (χ1) is 73.9. The van der Waals surface area contributed by atoms with E-state index in [9.17, 15) is 6.17 Å². The molecule has 5 aliphatic rings. The van der Waals surface area contributed by atoms with E-state index in [0.29, 0.717) is 10.9 Å². The molecular weight excluding hydrogens is 2360 g/mol. The third kappa shape index (κ3) is 17.3. The van der Waals surface area contributed by atoms with Crippen molar-refractivity contribution in [3.05, 3.63) is 502 Å². The smallest absolute Gasteiger partial charge is 0 e. The molecule has 1 atom stereocenters. The van der Waals surface area contributed by atoms with Crippen molar-refractivity contribution < 1.29 is 98.0 Å². The van der Waals surface area contributed by atoms with E-state index in [4.69, 9.17) is 31.5 Å². The molecule has 144 heavy (non-hydrogen) atoms. The van der Waals surface area contributed by atoms with E-state index in [2.05, 4.69) is 336 Å². The second-order valence-electron chi connectivity index (χ2n) is 38.1. The molecule has 7 aromatic heterocycles. The van der Waals surface area contributed by atoms with Crippen LogP contribution in [0, 0.1) is 51.9 Å². The molecule has 2 radical (unpaired) electrons. The van der Waals surface area contributed by atoms with Crippen molar-refractivity contribution in [2.24, 2.45) is 0 Å². The van der Waals surface area contributed by atoms with E-state index in [1.54, 1.807) is 4.40 Å². The summed E-state index contributed by atoms with van der Waals surface area (Å²) in [7, 11) is 0. The summed E-state index contributed by atoms with van der Waals surface area (Å²) in [4.78, 5) is 35.8. The molecule has 11 heterocycles. The van der Waals surface area contributed by atoms with Crippen LogP contribution in [0.4, 0.5) is 17.1 Å². The van der Waals surface area contributed by atoms with Gasteiger partial charge >= 0.3 is 127 Å². The molecule has 15 aromatic carbocycles. The van der Waals surface area contributed by atoms with E-state index in [0.717, 1.165) is 90.4 Å². The van der Waals surface area contributed by atoms with Crippen molar-refractivity contribution in [3.63, 3.8) is 0 Å². The molecule has 1 unspecified atom stereocenters. The van der Waals surface area contributed by atoms with E-state index in [1.807, 2.05) is 80.2 Å². The van der Waals surface area contributed by atoms with Crippen LogP contribution in [0.3, 0.4) is 0 Å². The number of pyridine rings is 5. The molecular formula is C129H105GeIr2N9O2Pt. The quantitative estimate of drug-likeness (QED) is 0.0399. The van der Waals surface area contributed by atoms with E-state index >= 15 is 0 Å². The molecule has 22 aromatic rings. The molecule has 710 valence electrons. The fourth-order valence-corrected chi connectivity index (χ4v) is 23.7. The molecule has 27 rings (SSSR count). The number of aromatic nitrogens is 8. The van der Waals surface area contributed by atoms with Gasteiger partial charge in [-0.25, -0.2) is 4.57 Å². The zero-order valence-corrected chi connectivity index (χ0v) is 90.1. The van der Waals surface area contributed by atoms with E-state index in [-0.39, 0.29) is 178 Å². The van der Waals surface area contributed by atoms with Crippen LogP contribution in [0.1, 0.15) is 136 Å². The Morgan fingerprint density at radius 3 is 1.83 bits per heavy atom. The number of carbonyl (C=O) groups excluding carboxylic acids is 1. The number of benzene rings is 15. The van der Waals surface area contributed by atoms with Crippen molar-refractivity contribution in [3.8, 4) is 56.3 Å². The Kier molecular flexibility index (Phi) is 23.2. The summed E-state index contributed by atoms with van der Waals surface area (Å²) in [5.74, 6) is 7.28. The first-order valence-electron chi connectivity index (χ1n) is 53.9. The summed E-state index contributed by atoms with van der Waals surface area (Å²) < 4.78 is 118. The number of aliphatic hydroxyl groups excluding tert-OH is 1. The van der Waals surface area contributed by atoms with Crippen LogP contribution in [-0.2, 0) is 95.4 Å². The number of allylic oxidation sites excluding steroid dienone is 2. The minimum absolute atomic E-state index is 0. The first kappa shape index (κ1) is 83.3. The van der Waals surface area contributed by atoms with Crippen molar-refractivity contribution >= 4 is 111 Å². The number of nitrogens with zero attached hydrogens (tertiary/aromatic N) is 9. The van der Waals surface area contributed by atoms with Gasteiger partial charge in [0.15, 0.2) is 11.5 Å².